The average Bonchev–Trinajstić information content (AvgIpc) is 2.65. The van der Waals surface area contributed by atoms with Crippen molar-refractivity contribution < 1.29 is 9.18 Å². The molecule has 2 rings (SSSR count). The number of aliphatic imine (C=N–C) groups is 1. The van der Waals surface area contributed by atoms with E-state index in [0.29, 0.717) is 18.0 Å². The Kier molecular flexibility index (Phi) is 4.23. The Morgan fingerprint density at radius 2 is 2.00 bits per heavy atom. The average molecular weight is 286 g/mol. The van der Waals surface area contributed by atoms with Gasteiger partial charge in [0, 0.05) is 0 Å². The number of nitrogens with zero attached hydrogens (tertiary/aromatic N) is 1. The van der Waals surface area contributed by atoms with Gasteiger partial charge in [-0.2, -0.15) is 0 Å². The number of amidine groups is 1. The van der Waals surface area contributed by atoms with Gasteiger partial charge < -0.3 is 5.32 Å². The molecule has 1 aliphatic heterocycles. The molecule has 1 amide bonds. The first-order valence-electron chi connectivity index (χ1n) is 7.10. The van der Waals surface area contributed by atoms with Crippen LogP contribution in [0.25, 0.3) is 0 Å². The summed E-state index contributed by atoms with van der Waals surface area (Å²) in [7, 11) is 0. The predicted molar refractivity (Wildman–Crippen MR) is 78.2 cm³/mol. The molecule has 0 bridgehead atoms. The largest absolute Gasteiger partial charge is 0.304 e. The standard InChI is InChI=1S/C14H23FN2OS/c1-10(2)13(3)11(18)17-12(19-13)16-9-14(15)7-5-4-6-8-14/h10H,4-9H2,1-3H3,(H,16,17,18)/t13-/m1/s1. The second-order valence-corrected chi connectivity index (χ2v) is 7.59. The van der Waals surface area contributed by atoms with Crippen LogP contribution in [0.5, 0.6) is 0 Å². The molecule has 1 aliphatic carbocycles. The fourth-order valence-electron chi connectivity index (χ4n) is 2.50. The van der Waals surface area contributed by atoms with Crippen molar-refractivity contribution in [3.05, 3.63) is 0 Å². The summed E-state index contributed by atoms with van der Waals surface area (Å²) < 4.78 is 14.0. The number of nitrogens with one attached hydrogen (secondary N) is 1. The van der Waals surface area contributed by atoms with Crippen LogP contribution < -0.4 is 5.32 Å². The van der Waals surface area contributed by atoms with Crippen LogP contribution >= 0.6 is 11.8 Å². The topological polar surface area (TPSA) is 41.5 Å². The molecule has 5 heteroatoms. The molecule has 0 aromatic heterocycles. The van der Waals surface area contributed by atoms with E-state index in [1.165, 1.54) is 11.8 Å². The van der Waals surface area contributed by atoms with E-state index in [9.17, 15) is 9.18 Å². The monoisotopic (exact) mass is 286 g/mol. The van der Waals surface area contributed by atoms with Crippen LogP contribution in [0.3, 0.4) is 0 Å². The predicted octanol–water partition coefficient (Wildman–Crippen LogP) is 3.29. The molecule has 0 aromatic carbocycles. The summed E-state index contributed by atoms with van der Waals surface area (Å²) in [5.74, 6) is 0.210. The maximum Gasteiger partial charge on any atom is 0.242 e. The van der Waals surface area contributed by atoms with E-state index in [0.717, 1.165) is 19.3 Å². The smallest absolute Gasteiger partial charge is 0.242 e. The molecule has 1 atom stereocenters. The molecule has 0 spiro atoms. The van der Waals surface area contributed by atoms with E-state index in [1.54, 1.807) is 0 Å². The van der Waals surface area contributed by atoms with Gasteiger partial charge in [0.2, 0.25) is 5.91 Å². The van der Waals surface area contributed by atoms with Gasteiger partial charge in [0.25, 0.3) is 0 Å². The van der Waals surface area contributed by atoms with E-state index < -0.39 is 10.4 Å². The highest BCUT2D eigenvalue weighted by Gasteiger charge is 2.45. The summed E-state index contributed by atoms with van der Waals surface area (Å²) in [6.45, 7) is 6.15. The molecule has 1 N–H and O–H groups in total. The van der Waals surface area contributed by atoms with Crippen LogP contribution in [-0.2, 0) is 4.79 Å². The number of halogens is 1. The molecule has 1 saturated heterocycles. The summed E-state index contributed by atoms with van der Waals surface area (Å²) >= 11 is 1.44. The Hall–Kier alpha value is -0.580. The third kappa shape index (κ3) is 3.12. The van der Waals surface area contributed by atoms with Gasteiger partial charge in [0.1, 0.15) is 10.4 Å². The SMILES string of the molecule is CC(C)[C@@]1(C)SC(=NCC2(F)CCCCC2)NC1=O. The number of thioether (sulfide) groups is 1. The van der Waals surface area contributed by atoms with Crippen LogP contribution in [0.1, 0.15) is 52.9 Å². The number of amides is 1. The molecule has 0 radical (unpaired) electrons. The van der Waals surface area contributed by atoms with Gasteiger partial charge in [0.15, 0.2) is 5.17 Å². The highest BCUT2D eigenvalue weighted by atomic mass is 32.2. The molecular formula is C14H23FN2OS. The molecular weight excluding hydrogens is 263 g/mol. The molecule has 108 valence electrons. The Bertz CT molecular complexity index is 391. The van der Waals surface area contributed by atoms with E-state index in [2.05, 4.69) is 10.3 Å². The fourth-order valence-corrected chi connectivity index (χ4v) is 3.56. The number of rotatable bonds is 3. The van der Waals surface area contributed by atoms with Gasteiger partial charge in [-0.05, 0) is 25.7 Å². The van der Waals surface area contributed by atoms with Crippen LogP contribution in [0.15, 0.2) is 4.99 Å². The van der Waals surface area contributed by atoms with Gasteiger partial charge in [-0.3, -0.25) is 9.79 Å². The zero-order chi connectivity index (χ0) is 14.1. The summed E-state index contributed by atoms with van der Waals surface area (Å²) in [5, 5.41) is 3.38. The summed E-state index contributed by atoms with van der Waals surface area (Å²) in [5.41, 5.74) is -1.16. The zero-order valence-electron chi connectivity index (χ0n) is 12.0. The van der Waals surface area contributed by atoms with Crippen molar-refractivity contribution >= 4 is 22.8 Å². The van der Waals surface area contributed by atoms with Crippen molar-refractivity contribution in [2.75, 3.05) is 6.54 Å². The fraction of sp³-hybridized carbons (Fsp3) is 0.857. The van der Waals surface area contributed by atoms with Gasteiger partial charge in [-0.1, -0.05) is 44.9 Å². The number of carbonyl (C=O) groups is 1. The van der Waals surface area contributed by atoms with E-state index in [1.807, 2.05) is 20.8 Å². The third-order valence-electron chi connectivity index (χ3n) is 4.34. The highest BCUT2D eigenvalue weighted by Crippen LogP contribution is 2.38. The van der Waals surface area contributed by atoms with Crippen LogP contribution in [0, 0.1) is 5.92 Å². The molecule has 2 aliphatic rings. The quantitative estimate of drug-likeness (QED) is 0.865. The van der Waals surface area contributed by atoms with Crippen molar-refractivity contribution in [2.45, 2.75) is 63.3 Å². The molecule has 0 unspecified atom stereocenters. The van der Waals surface area contributed by atoms with E-state index >= 15 is 0 Å². The van der Waals surface area contributed by atoms with E-state index in [4.69, 9.17) is 0 Å². The lowest BCUT2D eigenvalue weighted by atomic mass is 9.86. The lowest BCUT2D eigenvalue weighted by Gasteiger charge is -2.27. The zero-order valence-corrected chi connectivity index (χ0v) is 12.8. The van der Waals surface area contributed by atoms with Gasteiger partial charge >= 0.3 is 0 Å². The number of hydrogen-bond donors (Lipinski definition) is 1. The lowest BCUT2D eigenvalue weighted by molar-refractivity contribution is -0.122. The van der Waals surface area contributed by atoms with Crippen LogP contribution in [0.4, 0.5) is 4.39 Å². The van der Waals surface area contributed by atoms with Crippen molar-refractivity contribution in [1.82, 2.24) is 5.32 Å². The first-order chi connectivity index (χ1) is 8.86. The Morgan fingerprint density at radius 1 is 1.37 bits per heavy atom. The van der Waals surface area contributed by atoms with Crippen LogP contribution in [-0.4, -0.2) is 28.0 Å². The highest BCUT2D eigenvalue weighted by molar-refractivity contribution is 8.16. The van der Waals surface area contributed by atoms with Gasteiger partial charge in [-0.25, -0.2) is 4.39 Å². The van der Waals surface area contributed by atoms with Crippen molar-refractivity contribution in [2.24, 2.45) is 10.9 Å². The lowest BCUT2D eigenvalue weighted by Crippen LogP contribution is -2.38. The Labute approximate surface area is 118 Å². The first kappa shape index (κ1) is 14.8. The summed E-state index contributed by atoms with van der Waals surface area (Å²) in [6.07, 6.45) is 4.22. The number of hydrogen-bond acceptors (Lipinski definition) is 3. The second-order valence-electron chi connectivity index (χ2n) is 6.15. The molecule has 3 nitrogen and oxygen atoms in total. The second kappa shape index (κ2) is 5.43. The number of alkyl halides is 1. The summed E-state index contributed by atoms with van der Waals surface area (Å²) in [4.78, 5) is 16.3. The molecule has 1 saturated carbocycles. The maximum atomic E-state index is 14.4. The van der Waals surface area contributed by atoms with Crippen LogP contribution in [0.2, 0.25) is 0 Å². The minimum atomic E-state index is -1.16. The normalized spacial score (nSPS) is 32.9. The third-order valence-corrected chi connectivity index (χ3v) is 5.84. The van der Waals surface area contributed by atoms with Gasteiger partial charge in [-0.15, -0.1) is 0 Å². The maximum absolute atomic E-state index is 14.4. The van der Waals surface area contributed by atoms with Crippen molar-refractivity contribution in [3.63, 3.8) is 0 Å². The summed E-state index contributed by atoms with van der Waals surface area (Å²) in [6, 6.07) is 0. The minimum absolute atomic E-state index is 0.0113. The first-order valence-corrected chi connectivity index (χ1v) is 7.91. The Balaban J connectivity index is 2.00. The Morgan fingerprint density at radius 3 is 2.53 bits per heavy atom. The van der Waals surface area contributed by atoms with E-state index in [-0.39, 0.29) is 18.4 Å². The molecule has 1 heterocycles. The van der Waals surface area contributed by atoms with Gasteiger partial charge in [0.05, 0.1) is 6.54 Å². The number of carbonyl (C=O) groups excluding carboxylic acids is 1. The molecule has 2 fully saturated rings. The molecule has 0 aromatic rings. The van der Waals surface area contributed by atoms with Crippen molar-refractivity contribution in [3.8, 4) is 0 Å². The van der Waals surface area contributed by atoms with Crippen molar-refractivity contribution in [1.29, 1.82) is 0 Å². The minimum Gasteiger partial charge on any atom is -0.304 e. The molecule has 19 heavy (non-hydrogen) atoms.